The van der Waals surface area contributed by atoms with Gasteiger partial charge in [0.05, 0.1) is 17.7 Å². The van der Waals surface area contributed by atoms with E-state index < -0.39 is 0 Å². The lowest BCUT2D eigenvalue weighted by Crippen LogP contribution is -2.46. The summed E-state index contributed by atoms with van der Waals surface area (Å²) in [5.41, 5.74) is 1.40. The Morgan fingerprint density at radius 2 is 2.07 bits per heavy atom. The van der Waals surface area contributed by atoms with Gasteiger partial charge < -0.3 is 19.4 Å². The smallest absolute Gasteiger partial charge is 0.287 e. The van der Waals surface area contributed by atoms with Crippen molar-refractivity contribution >= 4 is 33.2 Å². The summed E-state index contributed by atoms with van der Waals surface area (Å²) < 4.78 is 25.6. The van der Waals surface area contributed by atoms with E-state index in [-0.39, 0.29) is 30.3 Å². The first-order valence-electron chi connectivity index (χ1n) is 9.82. The number of halogens is 1. The molecule has 1 N–H and O–H groups in total. The molecular formula is C22H23FN2O4S. The van der Waals surface area contributed by atoms with Gasteiger partial charge in [-0.15, -0.1) is 11.3 Å². The second-order valence-corrected chi connectivity index (χ2v) is 8.48. The number of furan rings is 1. The highest BCUT2D eigenvalue weighted by atomic mass is 32.1. The van der Waals surface area contributed by atoms with Gasteiger partial charge in [0.1, 0.15) is 5.82 Å². The van der Waals surface area contributed by atoms with Crippen molar-refractivity contribution in [2.45, 2.75) is 32.4 Å². The highest BCUT2D eigenvalue weighted by Crippen LogP contribution is 2.35. The average Bonchev–Trinajstić information content (AvgIpc) is 3.33. The van der Waals surface area contributed by atoms with Crippen LogP contribution in [-0.2, 0) is 11.3 Å². The third-order valence-electron chi connectivity index (χ3n) is 5.43. The number of hydrogen-bond acceptors (Lipinski definition) is 5. The Bertz CT molecular complexity index is 1080. The van der Waals surface area contributed by atoms with E-state index in [0.717, 1.165) is 10.3 Å². The lowest BCUT2D eigenvalue weighted by molar-refractivity contribution is 0.0696. The Morgan fingerprint density at radius 1 is 1.30 bits per heavy atom. The van der Waals surface area contributed by atoms with Gasteiger partial charge in [0, 0.05) is 47.5 Å². The van der Waals surface area contributed by atoms with Gasteiger partial charge in [-0.05, 0) is 38.0 Å². The molecule has 8 heteroatoms. The monoisotopic (exact) mass is 430 g/mol. The van der Waals surface area contributed by atoms with E-state index in [2.05, 4.69) is 5.32 Å². The van der Waals surface area contributed by atoms with Crippen molar-refractivity contribution in [1.29, 1.82) is 0 Å². The third kappa shape index (κ3) is 3.85. The van der Waals surface area contributed by atoms with E-state index >= 15 is 0 Å². The summed E-state index contributed by atoms with van der Waals surface area (Å²) in [5, 5.41) is 3.45. The summed E-state index contributed by atoms with van der Waals surface area (Å²) in [6.45, 7) is 3.04. The summed E-state index contributed by atoms with van der Waals surface area (Å²) >= 11 is 1.30. The van der Waals surface area contributed by atoms with Crippen LogP contribution in [0.4, 0.5) is 4.39 Å². The lowest BCUT2D eigenvalue weighted by Gasteiger charge is -2.32. The van der Waals surface area contributed by atoms with Crippen LogP contribution < -0.4 is 5.32 Å². The normalized spacial score (nSPS) is 15.0. The van der Waals surface area contributed by atoms with Gasteiger partial charge in [-0.25, -0.2) is 4.39 Å². The molecule has 6 nitrogen and oxygen atoms in total. The number of methoxy groups -OCH3 is 1. The molecule has 3 heterocycles. The van der Waals surface area contributed by atoms with Crippen LogP contribution in [0.5, 0.6) is 0 Å². The van der Waals surface area contributed by atoms with Gasteiger partial charge in [0.25, 0.3) is 11.8 Å². The van der Waals surface area contributed by atoms with Gasteiger partial charge in [-0.3, -0.25) is 9.59 Å². The summed E-state index contributed by atoms with van der Waals surface area (Å²) in [7, 11) is 1.54. The zero-order chi connectivity index (χ0) is 21.3. The van der Waals surface area contributed by atoms with Crippen LogP contribution in [0.1, 0.15) is 44.2 Å². The number of rotatable bonds is 5. The van der Waals surface area contributed by atoms with Crippen LogP contribution in [0.25, 0.3) is 10.1 Å². The van der Waals surface area contributed by atoms with Gasteiger partial charge >= 0.3 is 0 Å². The highest BCUT2D eigenvalue weighted by molar-refractivity contribution is 7.21. The topological polar surface area (TPSA) is 71.8 Å². The fourth-order valence-electron chi connectivity index (χ4n) is 3.85. The SMILES string of the molecule is COCc1c(C(=O)N2CCC(NC(=O)c3occc3C)CC2)sc2cccc(F)c12. The first-order chi connectivity index (χ1) is 14.5. The molecule has 3 aromatic rings. The molecule has 1 aromatic carbocycles. The number of nitrogens with one attached hydrogen (secondary N) is 1. The first-order valence-corrected chi connectivity index (χ1v) is 10.6. The van der Waals surface area contributed by atoms with Crippen molar-refractivity contribution in [2.75, 3.05) is 20.2 Å². The van der Waals surface area contributed by atoms with Crippen molar-refractivity contribution in [3.05, 3.63) is 58.1 Å². The Labute approximate surface area is 177 Å². The van der Waals surface area contributed by atoms with Crippen molar-refractivity contribution in [3.63, 3.8) is 0 Å². The fourth-order valence-corrected chi connectivity index (χ4v) is 5.04. The standard InChI is InChI=1S/C22H23FN2O4S/c1-13-8-11-29-19(13)21(26)24-14-6-9-25(10-7-14)22(27)20-15(12-28-2)18-16(23)4-3-5-17(18)30-20/h3-5,8,11,14H,6-7,9-10,12H2,1-2H3,(H,24,26). The predicted octanol–water partition coefficient (Wildman–Crippen LogP) is 4.12. The number of amides is 2. The molecule has 0 bridgehead atoms. The van der Waals surface area contributed by atoms with E-state index in [1.807, 2.05) is 13.0 Å². The van der Waals surface area contributed by atoms with E-state index in [9.17, 15) is 14.0 Å². The molecule has 0 saturated carbocycles. The molecule has 0 atom stereocenters. The molecule has 1 aliphatic rings. The number of nitrogens with zero attached hydrogens (tertiary/aromatic N) is 1. The maximum absolute atomic E-state index is 14.4. The third-order valence-corrected chi connectivity index (χ3v) is 6.62. The molecule has 0 aliphatic carbocycles. The molecule has 1 fully saturated rings. The lowest BCUT2D eigenvalue weighted by atomic mass is 10.0. The minimum Gasteiger partial charge on any atom is -0.459 e. The van der Waals surface area contributed by atoms with Gasteiger partial charge in [0.2, 0.25) is 0 Å². The van der Waals surface area contributed by atoms with Crippen LogP contribution in [0, 0.1) is 12.7 Å². The van der Waals surface area contributed by atoms with Crippen LogP contribution in [0.3, 0.4) is 0 Å². The predicted molar refractivity (Wildman–Crippen MR) is 112 cm³/mol. The number of piperidine rings is 1. The van der Waals surface area contributed by atoms with E-state index in [4.69, 9.17) is 9.15 Å². The number of ether oxygens (including phenoxy) is 1. The van der Waals surface area contributed by atoms with Gasteiger partial charge in [-0.2, -0.15) is 0 Å². The minimum atomic E-state index is -0.343. The van der Waals surface area contributed by atoms with E-state index in [1.165, 1.54) is 30.8 Å². The molecule has 4 rings (SSSR count). The minimum absolute atomic E-state index is 0.0238. The number of carbonyl (C=O) groups is 2. The van der Waals surface area contributed by atoms with Crippen LogP contribution >= 0.6 is 11.3 Å². The molecule has 158 valence electrons. The number of carbonyl (C=O) groups excluding carboxylic acids is 2. The summed E-state index contributed by atoms with van der Waals surface area (Å²) in [6, 6.07) is 6.59. The van der Waals surface area contributed by atoms with Crippen LogP contribution in [0.2, 0.25) is 0 Å². The van der Waals surface area contributed by atoms with Crippen molar-refractivity contribution in [1.82, 2.24) is 10.2 Å². The van der Waals surface area contributed by atoms with E-state index in [1.54, 1.807) is 17.0 Å². The number of fused-ring (bicyclic) bond motifs is 1. The van der Waals surface area contributed by atoms with Crippen LogP contribution in [-0.4, -0.2) is 43.0 Å². The maximum atomic E-state index is 14.4. The Balaban J connectivity index is 1.46. The van der Waals surface area contributed by atoms with Crippen molar-refractivity contribution < 1.29 is 23.1 Å². The molecule has 30 heavy (non-hydrogen) atoms. The molecule has 2 aromatic heterocycles. The number of hydrogen-bond donors (Lipinski definition) is 1. The Morgan fingerprint density at radius 3 is 2.73 bits per heavy atom. The molecule has 1 saturated heterocycles. The average molecular weight is 431 g/mol. The number of thiophene rings is 1. The quantitative estimate of drug-likeness (QED) is 0.661. The van der Waals surface area contributed by atoms with Gasteiger partial charge in [0.15, 0.2) is 5.76 Å². The van der Waals surface area contributed by atoms with Crippen molar-refractivity contribution in [2.24, 2.45) is 0 Å². The highest BCUT2D eigenvalue weighted by Gasteiger charge is 2.29. The zero-order valence-corrected chi connectivity index (χ0v) is 17.7. The molecule has 0 spiro atoms. The molecule has 1 aliphatic heterocycles. The second kappa shape index (κ2) is 8.57. The number of benzene rings is 1. The first kappa shape index (κ1) is 20.6. The van der Waals surface area contributed by atoms with Crippen molar-refractivity contribution in [3.8, 4) is 0 Å². The number of aryl methyl sites for hydroxylation is 1. The molecule has 0 radical (unpaired) electrons. The van der Waals surface area contributed by atoms with Gasteiger partial charge in [-0.1, -0.05) is 6.07 Å². The zero-order valence-electron chi connectivity index (χ0n) is 16.9. The molecule has 2 amide bonds. The molecular weight excluding hydrogens is 407 g/mol. The fraction of sp³-hybridized carbons (Fsp3) is 0.364. The second-order valence-electron chi connectivity index (χ2n) is 7.43. The summed E-state index contributed by atoms with van der Waals surface area (Å²) in [5.74, 6) is -0.367. The number of likely N-dealkylation sites (tertiary alicyclic amines) is 1. The Hall–Kier alpha value is -2.71. The summed E-state index contributed by atoms with van der Waals surface area (Å²) in [4.78, 5) is 27.8. The molecule has 0 unspecified atom stereocenters. The largest absolute Gasteiger partial charge is 0.459 e. The summed E-state index contributed by atoms with van der Waals surface area (Å²) in [6.07, 6.45) is 2.79. The Kier molecular flexibility index (Phi) is 5.87. The maximum Gasteiger partial charge on any atom is 0.287 e. The van der Waals surface area contributed by atoms with E-state index in [0.29, 0.717) is 47.5 Å². The van der Waals surface area contributed by atoms with Crippen LogP contribution in [0.15, 0.2) is 34.9 Å².